The Morgan fingerprint density at radius 2 is 1.22 bits per heavy atom. The molecule has 0 aliphatic rings. The van der Waals surface area contributed by atoms with Gasteiger partial charge in [0.15, 0.2) is 9.84 Å². The highest BCUT2D eigenvalue weighted by Gasteiger charge is 2.00. The molecule has 0 heterocycles. The van der Waals surface area contributed by atoms with Crippen molar-refractivity contribution in [2.24, 2.45) is 0 Å². The Hall–Kier alpha value is -2.53. The van der Waals surface area contributed by atoms with Gasteiger partial charge in [-0.3, -0.25) is 0 Å². The molecule has 0 aromatic heterocycles. The van der Waals surface area contributed by atoms with Gasteiger partial charge in [-0.05, 0) is 47.5 Å². The molecule has 0 unspecified atom stereocenters. The Labute approximate surface area is 137 Å². The molecule has 0 atom stereocenters. The lowest BCUT2D eigenvalue weighted by Gasteiger charge is -2.01. The highest BCUT2D eigenvalue weighted by Crippen LogP contribution is 2.14. The van der Waals surface area contributed by atoms with Gasteiger partial charge in [-0.1, -0.05) is 24.3 Å². The molecule has 0 bridgehead atoms. The van der Waals surface area contributed by atoms with Crippen molar-refractivity contribution in [3.8, 4) is 0 Å². The minimum absolute atomic E-state index is 0.825. The molecule has 0 radical (unpaired) electrons. The van der Waals surface area contributed by atoms with Crippen molar-refractivity contribution in [1.29, 1.82) is 0 Å². The van der Waals surface area contributed by atoms with Crippen molar-refractivity contribution in [3.63, 3.8) is 0 Å². The SMILES string of the molecule is CNc1cccc(C=CS(=O)(=O)C=Cc2cccc(NC)c2)c1. The maximum absolute atomic E-state index is 12.1. The van der Waals surface area contributed by atoms with Crippen molar-refractivity contribution in [2.45, 2.75) is 0 Å². The lowest BCUT2D eigenvalue weighted by Crippen LogP contribution is -1.90. The number of anilines is 2. The van der Waals surface area contributed by atoms with Gasteiger partial charge < -0.3 is 10.6 Å². The standard InChI is InChI=1S/C18H20N2O2S/c1-19-17-7-3-5-15(13-17)9-11-23(21,22)12-10-16-6-4-8-18(14-16)20-2/h3-14,19-20H,1-2H3. The summed E-state index contributed by atoms with van der Waals surface area (Å²) in [7, 11) is 0.223. The Balaban J connectivity index is 2.14. The van der Waals surface area contributed by atoms with Crippen LogP contribution < -0.4 is 10.6 Å². The van der Waals surface area contributed by atoms with Crippen LogP contribution in [0.1, 0.15) is 11.1 Å². The zero-order valence-corrected chi connectivity index (χ0v) is 14.0. The summed E-state index contributed by atoms with van der Waals surface area (Å²) in [6, 6.07) is 15.0. The van der Waals surface area contributed by atoms with Crippen LogP contribution in [-0.4, -0.2) is 22.5 Å². The van der Waals surface area contributed by atoms with Gasteiger partial charge >= 0.3 is 0 Å². The molecular weight excluding hydrogens is 308 g/mol. The second-order valence-corrected chi connectivity index (χ2v) is 6.67. The molecule has 0 amide bonds. The van der Waals surface area contributed by atoms with Crippen LogP contribution in [0.25, 0.3) is 12.2 Å². The summed E-state index contributed by atoms with van der Waals surface area (Å²) in [6.45, 7) is 0. The molecule has 4 nitrogen and oxygen atoms in total. The predicted molar refractivity (Wildman–Crippen MR) is 99.0 cm³/mol. The molecule has 2 aromatic rings. The van der Waals surface area contributed by atoms with Gasteiger partial charge in [0.2, 0.25) is 0 Å². The molecule has 23 heavy (non-hydrogen) atoms. The monoisotopic (exact) mass is 328 g/mol. The van der Waals surface area contributed by atoms with E-state index < -0.39 is 9.84 Å². The van der Waals surface area contributed by atoms with Crippen molar-refractivity contribution in [1.82, 2.24) is 0 Å². The summed E-state index contributed by atoms with van der Waals surface area (Å²) in [5.41, 5.74) is 3.52. The predicted octanol–water partition coefficient (Wildman–Crippen LogP) is 3.83. The second kappa shape index (κ2) is 7.65. The first kappa shape index (κ1) is 16.8. The Morgan fingerprint density at radius 3 is 1.61 bits per heavy atom. The fourth-order valence-corrected chi connectivity index (χ4v) is 2.77. The summed E-state index contributed by atoms with van der Waals surface area (Å²) < 4.78 is 24.2. The van der Waals surface area contributed by atoms with Crippen LogP contribution in [0, 0.1) is 0 Å². The van der Waals surface area contributed by atoms with E-state index in [-0.39, 0.29) is 0 Å². The third-order valence-corrected chi connectivity index (χ3v) is 4.28. The minimum Gasteiger partial charge on any atom is -0.388 e. The van der Waals surface area contributed by atoms with Gasteiger partial charge in [-0.2, -0.15) is 0 Å². The van der Waals surface area contributed by atoms with Gasteiger partial charge in [-0.25, -0.2) is 8.42 Å². The number of rotatable bonds is 6. The molecule has 2 N–H and O–H groups in total. The van der Waals surface area contributed by atoms with Crippen LogP contribution >= 0.6 is 0 Å². The van der Waals surface area contributed by atoms with Crippen LogP contribution in [0.5, 0.6) is 0 Å². The lowest BCUT2D eigenvalue weighted by atomic mass is 10.2. The lowest BCUT2D eigenvalue weighted by molar-refractivity contribution is 0.613. The molecule has 120 valence electrons. The van der Waals surface area contributed by atoms with E-state index in [9.17, 15) is 8.42 Å². The number of nitrogens with one attached hydrogen (secondary N) is 2. The Kier molecular flexibility index (Phi) is 5.60. The van der Waals surface area contributed by atoms with Gasteiger partial charge in [-0.15, -0.1) is 0 Å². The second-order valence-electron chi connectivity index (χ2n) is 4.95. The van der Waals surface area contributed by atoms with E-state index in [2.05, 4.69) is 10.6 Å². The molecule has 0 fully saturated rings. The summed E-state index contributed by atoms with van der Waals surface area (Å²) in [5, 5.41) is 8.45. The third kappa shape index (κ3) is 5.30. The molecular formula is C18H20N2O2S. The minimum atomic E-state index is -3.42. The highest BCUT2D eigenvalue weighted by molar-refractivity contribution is 7.97. The summed E-state index contributed by atoms with van der Waals surface area (Å²) >= 11 is 0. The maximum Gasteiger partial charge on any atom is 0.193 e. The van der Waals surface area contributed by atoms with E-state index in [1.165, 1.54) is 10.8 Å². The van der Waals surface area contributed by atoms with Gasteiger partial charge in [0, 0.05) is 36.3 Å². The van der Waals surface area contributed by atoms with E-state index >= 15 is 0 Å². The van der Waals surface area contributed by atoms with Crippen molar-refractivity contribution in [2.75, 3.05) is 24.7 Å². The summed E-state index contributed by atoms with van der Waals surface area (Å²) in [4.78, 5) is 0. The van der Waals surface area contributed by atoms with Crippen molar-refractivity contribution < 1.29 is 8.42 Å². The molecule has 0 aliphatic carbocycles. The van der Waals surface area contributed by atoms with Crippen LogP contribution in [0.2, 0.25) is 0 Å². The molecule has 0 aliphatic heterocycles. The van der Waals surface area contributed by atoms with Crippen LogP contribution in [-0.2, 0) is 9.84 Å². The molecule has 2 rings (SSSR count). The fraction of sp³-hybridized carbons (Fsp3) is 0.111. The van der Waals surface area contributed by atoms with E-state index in [0.29, 0.717) is 0 Å². The quantitative estimate of drug-likeness (QED) is 0.846. The summed E-state index contributed by atoms with van der Waals surface area (Å²) in [6.07, 6.45) is 3.18. The molecule has 2 aromatic carbocycles. The molecule has 0 spiro atoms. The van der Waals surface area contributed by atoms with Gasteiger partial charge in [0.1, 0.15) is 0 Å². The molecule has 0 saturated carbocycles. The third-order valence-electron chi connectivity index (χ3n) is 3.25. The number of sulfone groups is 1. The summed E-state index contributed by atoms with van der Waals surface area (Å²) in [5.74, 6) is 0. The van der Waals surface area contributed by atoms with Gasteiger partial charge in [0.05, 0.1) is 0 Å². The Bertz CT molecular complexity index is 761. The first-order chi connectivity index (χ1) is 11.0. The van der Waals surface area contributed by atoms with E-state index in [1.807, 2.05) is 62.6 Å². The zero-order valence-electron chi connectivity index (χ0n) is 13.2. The van der Waals surface area contributed by atoms with Gasteiger partial charge in [0.25, 0.3) is 0 Å². The average molecular weight is 328 g/mol. The van der Waals surface area contributed by atoms with Crippen LogP contribution in [0.15, 0.2) is 59.3 Å². The maximum atomic E-state index is 12.1. The van der Waals surface area contributed by atoms with E-state index in [0.717, 1.165) is 22.5 Å². The van der Waals surface area contributed by atoms with Crippen molar-refractivity contribution in [3.05, 3.63) is 70.5 Å². The topological polar surface area (TPSA) is 58.2 Å². The zero-order chi connectivity index (χ0) is 16.7. The highest BCUT2D eigenvalue weighted by atomic mass is 32.2. The van der Waals surface area contributed by atoms with Crippen LogP contribution in [0.3, 0.4) is 0 Å². The number of hydrogen-bond acceptors (Lipinski definition) is 4. The van der Waals surface area contributed by atoms with E-state index in [4.69, 9.17) is 0 Å². The number of hydrogen-bond donors (Lipinski definition) is 2. The van der Waals surface area contributed by atoms with E-state index in [1.54, 1.807) is 12.2 Å². The first-order valence-corrected chi connectivity index (χ1v) is 8.80. The average Bonchev–Trinajstić information content (AvgIpc) is 2.59. The Morgan fingerprint density at radius 1 is 0.783 bits per heavy atom. The first-order valence-electron chi connectivity index (χ1n) is 7.19. The molecule has 5 heteroatoms. The smallest absolute Gasteiger partial charge is 0.193 e. The van der Waals surface area contributed by atoms with Crippen LogP contribution in [0.4, 0.5) is 11.4 Å². The molecule has 0 saturated heterocycles. The normalized spacial score (nSPS) is 11.9. The fourth-order valence-electron chi connectivity index (χ4n) is 1.99. The largest absolute Gasteiger partial charge is 0.388 e. The number of benzene rings is 2. The van der Waals surface area contributed by atoms with Crippen molar-refractivity contribution >= 4 is 33.4 Å².